The van der Waals surface area contributed by atoms with Crippen LogP contribution in [-0.4, -0.2) is 34.1 Å². The Hall–Kier alpha value is -0.970. The predicted octanol–water partition coefficient (Wildman–Crippen LogP) is 3.51. The highest BCUT2D eigenvalue weighted by Gasteiger charge is 2.21. The molecule has 1 aromatic rings. The fourth-order valence-electron chi connectivity index (χ4n) is 2.06. The molecular formula is C15H26N4S. The number of aromatic nitrogens is 2. The molecule has 20 heavy (non-hydrogen) atoms. The quantitative estimate of drug-likeness (QED) is 0.870. The lowest BCUT2D eigenvalue weighted by molar-refractivity contribution is 0.546. The first-order valence-electron chi connectivity index (χ1n) is 7.46. The minimum absolute atomic E-state index is 0.0369. The Balaban J connectivity index is 2.19. The third-order valence-electron chi connectivity index (χ3n) is 3.23. The second-order valence-electron chi connectivity index (χ2n) is 6.34. The SMILES string of the molecule is CCCNc1cc(NC2CCSC2)nc(C(C)(C)C)n1. The highest BCUT2D eigenvalue weighted by molar-refractivity contribution is 7.99. The van der Waals surface area contributed by atoms with Crippen LogP contribution in [-0.2, 0) is 5.41 Å². The molecule has 2 heterocycles. The van der Waals surface area contributed by atoms with Crippen LogP contribution in [0.1, 0.15) is 46.4 Å². The lowest BCUT2D eigenvalue weighted by Gasteiger charge is -2.20. The van der Waals surface area contributed by atoms with Gasteiger partial charge >= 0.3 is 0 Å². The van der Waals surface area contributed by atoms with Crippen molar-refractivity contribution < 1.29 is 0 Å². The van der Waals surface area contributed by atoms with Gasteiger partial charge in [-0.25, -0.2) is 9.97 Å². The van der Waals surface area contributed by atoms with Gasteiger partial charge in [0.15, 0.2) is 0 Å². The normalized spacial score (nSPS) is 19.1. The van der Waals surface area contributed by atoms with Crippen molar-refractivity contribution in [2.75, 3.05) is 28.7 Å². The first-order valence-corrected chi connectivity index (χ1v) is 8.62. The van der Waals surface area contributed by atoms with E-state index in [-0.39, 0.29) is 5.41 Å². The Kier molecular flexibility index (Phi) is 5.13. The number of nitrogens with zero attached hydrogens (tertiary/aromatic N) is 2. The van der Waals surface area contributed by atoms with Crippen LogP contribution in [0.3, 0.4) is 0 Å². The topological polar surface area (TPSA) is 49.8 Å². The summed E-state index contributed by atoms with van der Waals surface area (Å²) in [7, 11) is 0. The Morgan fingerprint density at radius 1 is 1.30 bits per heavy atom. The molecular weight excluding hydrogens is 268 g/mol. The first-order chi connectivity index (χ1) is 9.49. The molecule has 1 fully saturated rings. The van der Waals surface area contributed by atoms with E-state index in [4.69, 9.17) is 4.98 Å². The molecule has 4 nitrogen and oxygen atoms in total. The van der Waals surface area contributed by atoms with Gasteiger partial charge < -0.3 is 10.6 Å². The molecule has 0 amide bonds. The number of thioether (sulfide) groups is 1. The van der Waals surface area contributed by atoms with Gasteiger partial charge in [-0.05, 0) is 18.6 Å². The Morgan fingerprint density at radius 2 is 2.05 bits per heavy atom. The monoisotopic (exact) mass is 294 g/mol. The van der Waals surface area contributed by atoms with Gasteiger partial charge in [-0.3, -0.25) is 0 Å². The summed E-state index contributed by atoms with van der Waals surface area (Å²) in [6.07, 6.45) is 2.31. The molecule has 1 aromatic heterocycles. The minimum Gasteiger partial charge on any atom is -0.370 e. The lowest BCUT2D eigenvalue weighted by Crippen LogP contribution is -2.22. The summed E-state index contributed by atoms with van der Waals surface area (Å²) in [6.45, 7) is 9.57. The number of rotatable bonds is 5. The van der Waals surface area contributed by atoms with Crippen LogP contribution < -0.4 is 10.6 Å². The fourth-order valence-corrected chi connectivity index (χ4v) is 3.21. The molecule has 5 heteroatoms. The van der Waals surface area contributed by atoms with E-state index in [9.17, 15) is 0 Å². The summed E-state index contributed by atoms with van der Waals surface area (Å²) >= 11 is 2.01. The largest absolute Gasteiger partial charge is 0.370 e. The second kappa shape index (κ2) is 6.66. The molecule has 1 atom stereocenters. The average Bonchev–Trinajstić information content (AvgIpc) is 2.88. The molecule has 0 saturated carbocycles. The smallest absolute Gasteiger partial charge is 0.138 e. The molecule has 1 aliphatic rings. The van der Waals surface area contributed by atoms with E-state index in [1.807, 2.05) is 17.8 Å². The van der Waals surface area contributed by atoms with E-state index in [1.165, 1.54) is 17.9 Å². The molecule has 0 radical (unpaired) electrons. The number of hydrogen-bond donors (Lipinski definition) is 2. The lowest BCUT2D eigenvalue weighted by atomic mass is 9.96. The van der Waals surface area contributed by atoms with Gasteiger partial charge in [0.2, 0.25) is 0 Å². The van der Waals surface area contributed by atoms with Crippen molar-refractivity contribution in [3.63, 3.8) is 0 Å². The molecule has 2 rings (SSSR count). The van der Waals surface area contributed by atoms with E-state index in [1.54, 1.807) is 0 Å². The summed E-state index contributed by atoms with van der Waals surface area (Å²) in [5, 5.41) is 6.93. The zero-order valence-electron chi connectivity index (χ0n) is 13.0. The summed E-state index contributed by atoms with van der Waals surface area (Å²) in [4.78, 5) is 9.35. The van der Waals surface area contributed by atoms with Crippen molar-refractivity contribution in [2.45, 2.75) is 52.0 Å². The Morgan fingerprint density at radius 3 is 2.65 bits per heavy atom. The van der Waals surface area contributed by atoms with Crippen molar-refractivity contribution in [2.24, 2.45) is 0 Å². The van der Waals surface area contributed by atoms with Gasteiger partial charge in [-0.2, -0.15) is 11.8 Å². The van der Waals surface area contributed by atoms with Crippen molar-refractivity contribution in [3.8, 4) is 0 Å². The van der Waals surface area contributed by atoms with Crippen LogP contribution in [0.4, 0.5) is 11.6 Å². The molecule has 0 aliphatic carbocycles. The van der Waals surface area contributed by atoms with Crippen LogP contribution in [0.25, 0.3) is 0 Å². The predicted molar refractivity (Wildman–Crippen MR) is 88.9 cm³/mol. The van der Waals surface area contributed by atoms with Crippen molar-refractivity contribution >= 4 is 23.4 Å². The molecule has 0 aromatic carbocycles. The molecule has 0 bridgehead atoms. The third-order valence-corrected chi connectivity index (χ3v) is 4.40. The van der Waals surface area contributed by atoms with Crippen molar-refractivity contribution in [1.29, 1.82) is 0 Å². The summed E-state index contributed by atoms with van der Waals surface area (Å²) in [5.41, 5.74) is -0.0369. The third kappa shape index (κ3) is 4.27. The van der Waals surface area contributed by atoms with Crippen LogP contribution in [0.15, 0.2) is 6.07 Å². The number of anilines is 2. The van der Waals surface area contributed by atoms with E-state index in [0.29, 0.717) is 6.04 Å². The maximum absolute atomic E-state index is 4.70. The van der Waals surface area contributed by atoms with Crippen LogP contribution in [0.5, 0.6) is 0 Å². The zero-order valence-corrected chi connectivity index (χ0v) is 13.8. The maximum Gasteiger partial charge on any atom is 0.138 e. The van der Waals surface area contributed by atoms with Gasteiger partial charge in [0.25, 0.3) is 0 Å². The minimum atomic E-state index is -0.0369. The van der Waals surface area contributed by atoms with Crippen LogP contribution in [0.2, 0.25) is 0 Å². The molecule has 0 spiro atoms. The van der Waals surface area contributed by atoms with Crippen molar-refractivity contribution in [3.05, 3.63) is 11.9 Å². The average molecular weight is 294 g/mol. The highest BCUT2D eigenvalue weighted by atomic mass is 32.2. The Labute approximate surface area is 126 Å². The van der Waals surface area contributed by atoms with Gasteiger partial charge in [0.1, 0.15) is 17.5 Å². The molecule has 112 valence electrons. The molecule has 1 saturated heterocycles. The number of hydrogen-bond acceptors (Lipinski definition) is 5. The molecule has 2 N–H and O–H groups in total. The second-order valence-corrected chi connectivity index (χ2v) is 7.49. The fraction of sp³-hybridized carbons (Fsp3) is 0.733. The summed E-state index contributed by atoms with van der Waals surface area (Å²) in [5.74, 6) is 5.20. The van der Waals surface area contributed by atoms with Crippen LogP contribution >= 0.6 is 11.8 Å². The Bertz CT molecular complexity index is 436. The summed E-state index contributed by atoms with van der Waals surface area (Å²) < 4.78 is 0. The number of nitrogens with one attached hydrogen (secondary N) is 2. The molecule has 1 aliphatic heterocycles. The van der Waals surface area contributed by atoms with Gasteiger partial charge in [0.05, 0.1) is 0 Å². The first kappa shape index (κ1) is 15.4. The van der Waals surface area contributed by atoms with Gasteiger partial charge in [0, 0.05) is 29.8 Å². The molecule has 1 unspecified atom stereocenters. The van der Waals surface area contributed by atoms with E-state index >= 15 is 0 Å². The maximum atomic E-state index is 4.70. The summed E-state index contributed by atoms with van der Waals surface area (Å²) in [6, 6.07) is 2.58. The van der Waals surface area contributed by atoms with Crippen molar-refractivity contribution in [1.82, 2.24) is 9.97 Å². The zero-order chi connectivity index (χ0) is 14.6. The van der Waals surface area contributed by atoms with Crippen LogP contribution in [0, 0.1) is 0 Å². The van der Waals surface area contributed by atoms with E-state index in [0.717, 1.165) is 30.4 Å². The van der Waals surface area contributed by atoms with Gasteiger partial charge in [-0.1, -0.05) is 27.7 Å². The van der Waals surface area contributed by atoms with Gasteiger partial charge in [-0.15, -0.1) is 0 Å². The van der Waals surface area contributed by atoms with E-state index in [2.05, 4.69) is 43.3 Å². The highest BCUT2D eigenvalue weighted by Crippen LogP contribution is 2.25. The van der Waals surface area contributed by atoms with E-state index < -0.39 is 0 Å². The standard InChI is InChI=1S/C15H26N4S/c1-5-7-16-12-9-13(17-11-6-8-20-10-11)19-14(18-12)15(2,3)4/h9,11H,5-8,10H2,1-4H3,(H2,16,17,18,19).